The van der Waals surface area contributed by atoms with Gasteiger partial charge in [0, 0.05) is 10.7 Å². The number of methoxy groups -OCH3 is 1. The van der Waals surface area contributed by atoms with E-state index in [0.29, 0.717) is 16.4 Å². The monoisotopic (exact) mass is 412 g/mol. The molecule has 0 spiro atoms. The summed E-state index contributed by atoms with van der Waals surface area (Å²) >= 11 is 5.88. The molecule has 0 bridgehead atoms. The van der Waals surface area contributed by atoms with Crippen molar-refractivity contribution in [3.8, 4) is 5.75 Å². The van der Waals surface area contributed by atoms with E-state index in [1.54, 1.807) is 37.5 Å². The quantitative estimate of drug-likeness (QED) is 0.666. The van der Waals surface area contributed by atoms with Gasteiger partial charge in [0.2, 0.25) is 5.91 Å². The third-order valence-electron chi connectivity index (χ3n) is 4.75. The lowest BCUT2D eigenvalue weighted by Crippen LogP contribution is -2.59. The number of carbonyl (C=O) groups is 3. The Morgan fingerprint density at radius 1 is 1.00 bits per heavy atom. The minimum absolute atomic E-state index is 0.252. The van der Waals surface area contributed by atoms with Gasteiger partial charge in [-0.25, -0.2) is 15.1 Å². The predicted molar refractivity (Wildman–Crippen MR) is 106 cm³/mol. The maximum Gasteiger partial charge on any atom is 0.335 e. The van der Waals surface area contributed by atoms with Gasteiger partial charge in [-0.2, -0.15) is 0 Å². The van der Waals surface area contributed by atoms with Crippen molar-refractivity contribution in [1.29, 1.82) is 0 Å². The normalized spacial score (nSPS) is 21.5. The number of hydrogen-bond acceptors (Lipinski definition) is 6. The van der Waals surface area contributed by atoms with Gasteiger partial charge in [-0.1, -0.05) is 23.7 Å². The molecule has 0 aliphatic carbocycles. The number of rotatable bonds is 4. The summed E-state index contributed by atoms with van der Waals surface area (Å²) in [6.07, 6.45) is 1.75. The third kappa shape index (κ3) is 3.55. The smallest absolute Gasteiger partial charge is 0.335 e. The first-order valence-electron chi connectivity index (χ1n) is 8.79. The van der Waals surface area contributed by atoms with Crippen LogP contribution in [0.4, 0.5) is 10.5 Å². The first kappa shape index (κ1) is 19.0. The summed E-state index contributed by atoms with van der Waals surface area (Å²) in [4.78, 5) is 38.7. The van der Waals surface area contributed by atoms with Crippen molar-refractivity contribution >= 4 is 35.1 Å². The van der Waals surface area contributed by atoms with Gasteiger partial charge in [0.05, 0.1) is 18.8 Å². The molecule has 2 aromatic rings. The van der Waals surface area contributed by atoms with Crippen LogP contribution in [0.3, 0.4) is 0 Å². The molecule has 2 aliphatic heterocycles. The van der Waals surface area contributed by atoms with Crippen molar-refractivity contribution < 1.29 is 19.1 Å². The summed E-state index contributed by atoms with van der Waals surface area (Å²) in [5.41, 5.74) is 7.56. The van der Waals surface area contributed by atoms with E-state index < -0.39 is 23.8 Å². The van der Waals surface area contributed by atoms with Gasteiger partial charge in [-0.05, 0) is 48.0 Å². The summed E-state index contributed by atoms with van der Waals surface area (Å²) in [6, 6.07) is 12.6. The zero-order chi connectivity index (χ0) is 20.5. The molecule has 2 aromatic carbocycles. The lowest BCUT2D eigenvalue weighted by molar-refractivity contribution is -0.132. The van der Waals surface area contributed by atoms with Crippen LogP contribution >= 0.6 is 11.6 Å². The van der Waals surface area contributed by atoms with Crippen LogP contribution in [0, 0.1) is 5.92 Å². The molecule has 0 radical (unpaired) electrons. The highest BCUT2D eigenvalue weighted by atomic mass is 35.5. The van der Waals surface area contributed by atoms with Crippen LogP contribution in [0.2, 0.25) is 5.02 Å². The Balaban J connectivity index is 1.61. The summed E-state index contributed by atoms with van der Waals surface area (Å²) in [5.74, 6) is -1.78. The second-order valence-corrected chi connectivity index (χ2v) is 6.96. The number of nitrogens with one attached hydrogen (secondary N) is 3. The molecule has 148 valence electrons. The zero-order valence-corrected chi connectivity index (χ0v) is 16.1. The molecular weight excluding hydrogens is 396 g/mol. The van der Waals surface area contributed by atoms with Gasteiger partial charge in [-0.3, -0.25) is 14.9 Å². The molecule has 4 rings (SSSR count). The standard InChI is InChI=1S/C20H17ClN4O4/c1-29-14-8-2-11(3-9-14)15-10-16(24-23-15)17-18(26)22-20(28)25(19(17)27)13-6-4-12(21)5-7-13/h2-10,15,17,23-24H,1H3,(H,22,26,28)/t15-,17+/m0/s1. The molecule has 1 saturated heterocycles. The van der Waals surface area contributed by atoms with E-state index in [1.165, 1.54) is 0 Å². The Hall–Kier alpha value is -3.36. The summed E-state index contributed by atoms with van der Waals surface area (Å²) in [6.45, 7) is 0. The molecule has 0 saturated carbocycles. The summed E-state index contributed by atoms with van der Waals surface area (Å²) in [7, 11) is 1.59. The van der Waals surface area contributed by atoms with Gasteiger partial charge in [-0.15, -0.1) is 0 Å². The van der Waals surface area contributed by atoms with Crippen LogP contribution in [-0.2, 0) is 9.59 Å². The fourth-order valence-corrected chi connectivity index (χ4v) is 3.39. The van der Waals surface area contributed by atoms with Crippen molar-refractivity contribution in [2.24, 2.45) is 5.92 Å². The van der Waals surface area contributed by atoms with Crippen LogP contribution in [0.5, 0.6) is 5.75 Å². The molecule has 8 nitrogen and oxygen atoms in total. The maximum atomic E-state index is 13.0. The lowest BCUT2D eigenvalue weighted by atomic mass is 9.98. The molecule has 4 amide bonds. The van der Waals surface area contributed by atoms with Crippen molar-refractivity contribution in [2.45, 2.75) is 6.04 Å². The van der Waals surface area contributed by atoms with E-state index in [1.807, 2.05) is 24.3 Å². The zero-order valence-electron chi connectivity index (χ0n) is 15.3. The second-order valence-electron chi connectivity index (χ2n) is 6.52. The number of hydrazine groups is 1. The number of ether oxygens (including phenoxy) is 1. The van der Waals surface area contributed by atoms with Crippen LogP contribution in [0.1, 0.15) is 11.6 Å². The maximum absolute atomic E-state index is 13.0. The average molecular weight is 413 g/mol. The minimum atomic E-state index is -1.18. The molecular formula is C20H17ClN4O4. The minimum Gasteiger partial charge on any atom is -0.497 e. The van der Waals surface area contributed by atoms with E-state index in [0.717, 1.165) is 16.2 Å². The van der Waals surface area contributed by atoms with E-state index in [2.05, 4.69) is 16.2 Å². The van der Waals surface area contributed by atoms with Gasteiger partial charge in [0.15, 0.2) is 5.92 Å². The number of urea groups is 1. The molecule has 2 heterocycles. The van der Waals surface area contributed by atoms with E-state index >= 15 is 0 Å². The Kier molecular flexibility index (Phi) is 4.96. The Bertz CT molecular complexity index is 1000. The first-order chi connectivity index (χ1) is 14.0. The van der Waals surface area contributed by atoms with Crippen molar-refractivity contribution in [2.75, 3.05) is 12.0 Å². The molecule has 2 aliphatic rings. The van der Waals surface area contributed by atoms with E-state index in [-0.39, 0.29) is 6.04 Å². The second kappa shape index (κ2) is 7.57. The largest absolute Gasteiger partial charge is 0.497 e. The Labute approximate surface area is 171 Å². The lowest BCUT2D eigenvalue weighted by Gasteiger charge is -2.30. The molecule has 3 N–H and O–H groups in total. The van der Waals surface area contributed by atoms with E-state index in [4.69, 9.17) is 16.3 Å². The average Bonchev–Trinajstić information content (AvgIpc) is 3.19. The predicted octanol–water partition coefficient (Wildman–Crippen LogP) is 2.28. The molecule has 0 unspecified atom stereocenters. The third-order valence-corrected chi connectivity index (χ3v) is 5.00. The number of carbonyl (C=O) groups excluding carboxylic acids is 3. The molecule has 1 fully saturated rings. The fourth-order valence-electron chi connectivity index (χ4n) is 3.27. The number of amides is 4. The first-order valence-corrected chi connectivity index (χ1v) is 9.17. The van der Waals surface area contributed by atoms with Gasteiger partial charge in [0.25, 0.3) is 5.91 Å². The fraction of sp³-hybridized carbons (Fsp3) is 0.150. The van der Waals surface area contributed by atoms with Crippen molar-refractivity contribution in [1.82, 2.24) is 16.2 Å². The highest BCUT2D eigenvalue weighted by Gasteiger charge is 2.44. The highest BCUT2D eigenvalue weighted by molar-refractivity contribution is 6.31. The van der Waals surface area contributed by atoms with Crippen LogP contribution in [-0.4, -0.2) is 25.0 Å². The van der Waals surface area contributed by atoms with Crippen LogP contribution in [0.15, 0.2) is 60.3 Å². The summed E-state index contributed by atoms with van der Waals surface area (Å²) < 4.78 is 5.15. The van der Waals surface area contributed by atoms with Gasteiger partial charge in [0.1, 0.15) is 5.75 Å². The summed E-state index contributed by atoms with van der Waals surface area (Å²) in [5, 5.41) is 2.71. The Morgan fingerprint density at radius 3 is 2.34 bits per heavy atom. The number of barbiturate groups is 1. The van der Waals surface area contributed by atoms with Crippen LogP contribution < -0.4 is 25.8 Å². The van der Waals surface area contributed by atoms with Gasteiger partial charge < -0.3 is 10.2 Å². The highest BCUT2D eigenvalue weighted by Crippen LogP contribution is 2.29. The number of hydrogen-bond donors (Lipinski definition) is 3. The number of nitrogens with zero attached hydrogens (tertiary/aromatic N) is 1. The SMILES string of the molecule is COc1ccc([C@@H]2C=C([C@@H]3C(=O)NC(=O)N(c4ccc(Cl)cc4)C3=O)NN2)cc1. The molecule has 29 heavy (non-hydrogen) atoms. The molecule has 9 heteroatoms. The Morgan fingerprint density at radius 2 is 1.69 bits per heavy atom. The number of anilines is 1. The number of benzene rings is 2. The van der Waals surface area contributed by atoms with Gasteiger partial charge >= 0.3 is 6.03 Å². The van der Waals surface area contributed by atoms with Crippen LogP contribution in [0.25, 0.3) is 0 Å². The van der Waals surface area contributed by atoms with E-state index in [9.17, 15) is 14.4 Å². The topological polar surface area (TPSA) is 99.8 Å². The van der Waals surface area contributed by atoms with Crippen molar-refractivity contribution in [3.63, 3.8) is 0 Å². The number of imide groups is 2. The molecule has 2 atom stereocenters. The molecule has 0 aromatic heterocycles. The number of halogens is 1. The van der Waals surface area contributed by atoms with Crippen molar-refractivity contribution in [3.05, 3.63) is 70.9 Å².